The molecule has 1 aromatic rings. The number of fused-ring (bicyclic) bond motifs is 1. The van der Waals surface area contributed by atoms with Gasteiger partial charge in [0.1, 0.15) is 0 Å². The lowest BCUT2D eigenvalue weighted by molar-refractivity contribution is 0.135. The molecule has 0 bridgehead atoms. The van der Waals surface area contributed by atoms with Gasteiger partial charge in [0.2, 0.25) is 0 Å². The first kappa shape index (κ1) is 15.8. The summed E-state index contributed by atoms with van der Waals surface area (Å²) in [5.74, 6) is 0. The number of hydrogen-bond donors (Lipinski definition) is 0. The highest BCUT2D eigenvalue weighted by Gasteiger charge is 2.29. The van der Waals surface area contributed by atoms with Crippen molar-refractivity contribution in [2.45, 2.75) is 32.9 Å². The van der Waals surface area contributed by atoms with Crippen LogP contribution in [0.25, 0.3) is 0 Å². The van der Waals surface area contributed by atoms with Crippen LogP contribution in [-0.4, -0.2) is 70.8 Å². The molecule has 0 saturated carbocycles. The van der Waals surface area contributed by atoms with Crippen LogP contribution >= 0.6 is 0 Å². The molecule has 1 aliphatic rings. The van der Waals surface area contributed by atoms with E-state index in [0.717, 1.165) is 38.3 Å². The van der Waals surface area contributed by atoms with Gasteiger partial charge in [0.15, 0.2) is 0 Å². The molecule has 2 heterocycles. The summed E-state index contributed by atoms with van der Waals surface area (Å²) in [6.07, 6.45) is 2.86. The van der Waals surface area contributed by atoms with E-state index >= 15 is 0 Å². The minimum atomic E-state index is 0.0790. The lowest BCUT2D eigenvalue weighted by atomic mass is 10.1. The van der Waals surface area contributed by atoms with Crippen molar-refractivity contribution >= 4 is 6.03 Å². The Labute approximate surface area is 127 Å². The molecule has 118 valence electrons. The third kappa shape index (κ3) is 3.56. The van der Waals surface area contributed by atoms with Crippen molar-refractivity contribution in [2.75, 3.05) is 40.3 Å². The van der Waals surface area contributed by atoms with Crippen LogP contribution in [-0.2, 0) is 6.54 Å². The fourth-order valence-electron chi connectivity index (χ4n) is 2.90. The van der Waals surface area contributed by atoms with E-state index in [2.05, 4.69) is 28.5 Å². The Morgan fingerprint density at radius 3 is 2.71 bits per heavy atom. The van der Waals surface area contributed by atoms with Gasteiger partial charge in [-0.15, -0.1) is 0 Å². The molecular weight excluding hydrogens is 266 g/mol. The highest BCUT2D eigenvalue weighted by atomic mass is 16.2. The van der Waals surface area contributed by atoms with Crippen molar-refractivity contribution < 1.29 is 4.79 Å². The smallest absolute Gasteiger partial charge is 0.319 e. The third-order valence-electron chi connectivity index (χ3n) is 4.21. The van der Waals surface area contributed by atoms with Crippen LogP contribution in [0.1, 0.15) is 32.0 Å². The van der Waals surface area contributed by atoms with Gasteiger partial charge in [0.25, 0.3) is 0 Å². The molecule has 0 radical (unpaired) electrons. The monoisotopic (exact) mass is 293 g/mol. The lowest BCUT2D eigenvalue weighted by Gasteiger charge is -2.36. The van der Waals surface area contributed by atoms with Crippen molar-refractivity contribution in [3.63, 3.8) is 0 Å². The van der Waals surface area contributed by atoms with Crippen molar-refractivity contribution in [1.82, 2.24) is 24.5 Å². The molecule has 21 heavy (non-hydrogen) atoms. The van der Waals surface area contributed by atoms with Crippen molar-refractivity contribution in [3.8, 4) is 0 Å². The van der Waals surface area contributed by atoms with Crippen LogP contribution in [0, 0.1) is 0 Å². The number of rotatable bonds is 5. The SMILES string of the molecule is CCN(CC)CCC1CN(C(=O)N(C)C)Cc2ccnn21. The summed E-state index contributed by atoms with van der Waals surface area (Å²) in [6.45, 7) is 8.94. The first-order chi connectivity index (χ1) is 10.1. The topological polar surface area (TPSA) is 44.6 Å². The number of carbonyl (C=O) groups excluding carboxylic acids is 1. The van der Waals surface area contributed by atoms with E-state index in [-0.39, 0.29) is 12.1 Å². The van der Waals surface area contributed by atoms with Gasteiger partial charge in [0.05, 0.1) is 18.3 Å². The van der Waals surface area contributed by atoms with Crippen LogP contribution in [0.15, 0.2) is 12.3 Å². The molecule has 0 spiro atoms. The third-order valence-corrected chi connectivity index (χ3v) is 4.21. The van der Waals surface area contributed by atoms with Crippen molar-refractivity contribution in [2.24, 2.45) is 0 Å². The molecule has 2 rings (SSSR count). The second-order valence-corrected chi connectivity index (χ2v) is 5.79. The summed E-state index contributed by atoms with van der Waals surface area (Å²) >= 11 is 0. The van der Waals surface area contributed by atoms with Crippen LogP contribution < -0.4 is 0 Å². The molecule has 1 aromatic heterocycles. The molecule has 1 aliphatic heterocycles. The largest absolute Gasteiger partial charge is 0.331 e. The van der Waals surface area contributed by atoms with Gasteiger partial charge in [-0.25, -0.2) is 4.79 Å². The van der Waals surface area contributed by atoms with Gasteiger partial charge in [-0.1, -0.05) is 13.8 Å². The average Bonchev–Trinajstić information content (AvgIpc) is 2.95. The lowest BCUT2D eigenvalue weighted by Crippen LogP contribution is -2.46. The summed E-state index contributed by atoms with van der Waals surface area (Å²) in [4.78, 5) is 18.2. The van der Waals surface area contributed by atoms with Crippen molar-refractivity contribution in [3.05, 3.63) is 18.0 Å². The molecule has 0 fully saturated rings. The minimum Gasteiger partial charge on any atom is -0.331 e. The van der Waals surface area contributed by atoms with Gasteiger partial charge in [-0.2, -0.15) is 5.10 Å². The maximum Gasteiger partial charge on any atom is 0.319 e. The Balaban J connectivity index is 2.08. The molecule has 0 saturated heterocycles. The molecule has 6 heteroatoms. The summed E-state index contributed by atoms with van der Waals surface area (Å²) in [6, 6.07) is 2.36. The van der Waals surface area contributed by atoms with Crippen LogP contribution in [0.4, 0.5) is 4.79 Å². The molecular formula is C15H27N5O. The quantitative estimate of drug-likeness (QED) is 0.829. The van der Waals surface area contributed by atoms with Gasteiger partial charge in [-0.05, 0) is 25.6 Å². The van der Waals surface area contributed by atoms with E-state index in [4.69, 9.17) is 0 Å². The zero-order chi connectivity index (χ0) is 15.4. The number of amides is 2. The zero-order valence-electron chi connectivity index (χ0n) is 13.6. The van der Waals surface area contributed by atoms with E-state index in [0.29, 0.717) is 6.54 Å². The van der Waals surface area contributed by atoms with E-state index in [1.54, 1.807) is 19.0 Å². The summed E-state index contributed by atoms with van der Waals surface area (Å²) in [5.41, 5.74) is 1.13. The molecule has 1 unspecified atom stereocenters. The second kappa shape index (κ2) is 6.93. The highest BCUT2D eigenvalue weighted by molar-refractivity contribution is 5.74. The molecule has 0 N–H and O–H groups in total. The normalized spacial score (nSPS) is 18.0. The maximum atomic E-state index is 12.2. The zero-order valence-corrected chi connectivity index (χ0v) is 13.6. The van der Waals surface area contributed by atoms with Crippen LogP contribution in [0.5, 0.6) is 0 Å². The highest BCUT2D eigenvalue weighted by Crippen LogP contribution is 2.23. The molecule has 6 nitrogen and oxygen atoms in total. The Hall–Kier alpha value is -1.56. The molecule has 2 amide bonds. The van der Waals surface area contributed by atoms with E-state index < -0.39 is 0 Å². The number of carbonyl (C=O) groups is 1. The first-order valence-corrected chi connectivity index (χ1v) is 7.77. The number of aromatic nitrogens is 2. The van der Waals surface area contributed by atoms with E-state index in [9.17, 15) is 4.79 Å². The van der Waals surface area contributed by atoms with E-state index in [1.807, 2.05) is 17.2 Å². The summed E-state index contributed by atoms with van der Waals surface area (Å²) in [5, 5.41) is 4.45. The average molecular weight is 293 g/mol. The molecule has 0 aliphatic carbocycles. The fourth-order valence-corrected chi connectivity index (χ4v) is 2.90. The minimum absolute atomic E-state index is 0.0790. The van der Waals surface area contributed by atoms with Gasteiger partial charge in [-0.3, -0.25) is 4.68 Å². The van der Waals surface area contributed by atoms with Crippen LogP contribution in [0.3, 0.4) is 0 Å². The molecule has 0 aromatic carbocycles. The Bertz CT molecular complexity index is 466. The Kier molecular flexibility index (Phi) is 5.22. The van der Waals surface area contributed by atoms with Crippen LogP contribution in [0.2, 0.25) is 0 Å². The Morgan fingerprint density at radius 1 is 1.38 bits per heavy atom. The first-order valence-electron chi connectivity index (χ1n) is 7.77. The maximum absolute atomic E-state index is 12.2. The number of nitrogens with zero attached hydrogens (tertiary/aromatic N) is 5. The summed E-state index contributed by atoms with van der Waals surface area (Å²) in [7, 11) is 3.61. The number of urea groups is 1. The summed E-state index contributed by atoms with van der Waals surface area (Å²) < 4.78 is 2.10. The number of hydrogen-bond acceptors (Lipinski definition) is 3. The van der Waals surface area contributed by atoms with Gasteiger partial charge >= 0.3 is 6.03 Å². The van der Waals surface area contributed by atoms with E-state index in [1.165, 1.54) is 0 Å². The fraction of sp³-hybridized carbons (Fsp3) is 0.733. The van der Waals surface area contributed by atoms with Gasteiger partial charge in [0, 0.05) is 33.4 Å². The molecule has 1 atom stereocenters. The standard InChI is InChI=1S/C15H27N5O/c1-5-18(6-2)10-8-14-12-19(15(21)17(3)4)11-13-7-9-16-20(13)14/h7,9,14H,5-6,8,10-12H2,1-4H3. The predicted molar refractivity (Wildman–Crippen MR) is 83.2 cm³/mol. The second-order valence-electron chi connectivity index (χ2n) is 5.79. The van der Waals surface area contributed by atoms with Crippen molar-refractivity contribution in [1.29, 1.82) is 0 Å². The van der Waals surface area contributed by atoms with Gasteiger partial charge < -0.3 is 14.7 Å². The Morgan fingerprint density at radius 2 is 2.10 bits per heavy atom. The predicted octanol–water partition coefficient (Wildman–Crippen LogP) is 1.65.